The summed E-state index contributed by atoms with van der Waals surface area (Å²) in [4.78, 5) is 49.5. The van der Waals surface area contributed by atoms with Crippen LogP contribution < -0.4 is 27.4 Å². The zero-order valence-electron chi connectivity index (χ0n) is 19.4. The molecule has 3 rings (SSSR count). The van der Waals surface area contributed by atoms with Gasteiger partial charge < -0.3 is 36.9 Å². The molecule has 2 amide bonds. The van der Waals surface area contributed by atoms with Crippen LogP contribution in [0.5, 0.6) is 11.6 Å². The normalized spacial score (nSPS) is 11.2. The lowest BCUT2D eigenvalue weighted by molar-refractivity contribution is -0.303. The molecule has 0 aliphatic carbocycles. The van der Waals surface area contributed by atoms with E-state index in [-0.39, 0.29) is 17.7 Å². The fourth-order valence-corrected chi connectivity index (χ4v) is 3.59. The molecular weight excluding hydrogens is 492 g/mol. The highest BCUT2D eigenvalue weighted by Gasteiger charge is 2.30. The van der Waals surface area contributed by atoms with Crippen molar-refractivity contribution in [2.75, 3.05) is 6.54 Å². The van der Waals surface area contributed by atoms with Crippen LogP contribution in [0.1, 0.15) is 44.8 Å². The van der Waals surface area contributed by atoms with Gasteiger partial charge in [-0.15, -0.1) is 0 Å². The van der Waals surface area contributed by atoms with Crippen LogP contribution in [0.4, 0.5) is 0 Å². The first-order valence-corrected chi connectivity index (χ1v) is 10.8. The number of hydrogen-bond acceptors (Lipinski definition) is 7. The summed E-state index contributed by atoms with van der Waals surface area (Å²) in [5.74, 6) is -5.88. The Labute approximate surface area is 210 Å². The topological polar surface area (TPSA) is 197 Å². The van der Waals surface area contributed by atoms with Gasteiger partial charge in [-0.05, 0) is 24.1 Å². The Morgan fingerprint density at radius 2 is 1.61 bits per heavy atom. The number of aromatic nitrogens is 1. The number of quaternary nitrogens is 1. The van der Waals surface area contributed by atoms with Gasteiger partial charge in [-0.2, -0.15) is 0 Å². The maximum Gasteiger partial charge on any atom is 0.270 e. The van der Waals surface area contributed by atoms with E-state index >= 15 is 0 Å². The number of aliphatic carboxylic acids is 1. The highest BCUT2D eigenvalue weighted by Crippen LogP contribution is 2.30. The van der Waals surface area contributed by atoms with Crippen molar-refractivity contribution in [1.29, 1.82) is 0 Å². The molecular formula is C24H25ClN4O7. The Morgan fingerprint density at radius 1 is 1.00 bits per heavy atom. The third-order valence-corrected chi connectivity index (χ3v) is 5.56. The second kappa shape index (κ2) is 11.9. The first-order valence-electron chi connectivity index (χ1n) is 10.4. The first kappa shape index (κ1) is 27.9. The van der Waals surface area contributed by atoms with Crippen molar-refractivity contribution >= 4 is 29.4 Å². The van der Waals surface area contributed by atoms with E-state index in [2.05, 4.69) is 5.32 Å². The summed E-state index contributed by atoms with van der Waals surface area (Å²) in [7, 11) is 0. The number of carbonyl (C=O) groups excluding carboxylic acids is 3. The number of rotatable bonds is 8. The third-order valence-electron chi connectivity index (χ3n) is 5.19. The van der Waals surface area contributed by atoms with Crippen molar-refractivity contribution in [1.82, 2.24) is 21.4 Å². The van der Waals surface area contributed by atoms with Gasteiger partial charge in [-0.3, -0.25) is 19.0 Å². The highest BCUT2D eigenvalue weighted by atomic mass is 35.5. The van der Waals surface area contributed by atoms with Crippen LogP contribution in [0.25, 0.3) is 0 Å². The fraction of sp³-hybridized carbons (Fsp3) is 0.167. The smallest absolute Gasteiger partial charge is 0.270 e. The van der Waals surface area contributed by atoms with Crippen molar-refractivity contribution in [3.05, 3.63) is 92.2 Å². The summed E-state index contributed by atoms with van der Waals surface area (Å²) in [5.41, 5.74) is -1.73. The van der Waals surface area contributed by atoms with Crippen LogP contribution in [0, 0.1) is 0 Å². The minimum Gasteiger partial charge on any atom is -0.548 e. The maximum absolute atomic E-state index is 13.1. The van der Waals surface area contributed by atoms with E-state index in [9.17, 15) is 34.5 Å². The number of carbonyl (C=O) groups is 3. The highest BCUT2D eigenvalue weighted by molar-refractivity contribution is 6.31. The SMILES string of the molecule is C[C@@H](NC(=O)c1c(O)c(C(=O)NCC(=O)[O-])c(=O)n(Cc2ccccc2Cl)c1O)c1ccccc1.[NH4+]. The van der Waals surface area contributed by atoms with Crippen LogP contribution in [0.2, 0.25) is 5.02 Å². The minimum absolute atomic E-state index is 0. The molecule has 1 aromatic heterocycles. The number of nitrogens with one attached hydrogen (secondary N) is 2. The summed E-state index contributed by atoms with van der Waals surface area (Å²) >= 11 is 6.16. The summed E-state index contributed by atoms with van der Waals surface area (Å²) in [6.07, 6.45) is 0. The van der Waals surface area contributed by atoms with E-state index in [0.29, 0.717) is 10.1 Å². The molecule has 0 saturated heterocycles. The van der Waals surface area contributed by atoms with E-state index in [0.717, 1.165) is 5.56 Å². The van der Waals surface area contributed by atoms with Crippen LogP contribution in [0.3, 0.4) is 0 Å². The van der Waals surface area contributed by atoms with E-state index in [1.165, 1.54) is 0 Å². The Bertz CT molecular complexity index is 1340. The van der Waals surface area contributed by atoms with Gasteiger partial charge in [0.2, 0.25) is 5.88 Å². The van der Waals surface area contributed by atoms with Crippen molar-refractivity contribution < 1.29 is 29.7 Å². The number of halogens is 1. The van der Waals surface area contributed by atoms with Gasteiger partial charge in [0.05, 0.1) is 25.1 Å². The number of benzene rings is 2. The largest absolute Gasteiger partial charge is 0.548 e. The lowest BCUT2D eigenvalue weighted by atomic mass is 10.1. The van der Waals surface area contributed by atoms with E-state index in [1.807, 2.05) is 5.32 Å². The number of aromatic hydroxyl groups is 2. The monoisotopic (exact) mass is 516 g/mol. The quantitative estimate of drug-likeness (QED) is 0.297. The predicted molar refractivity (Wildman–Crippen MR) is 130 cm³/mol. The fourth-order valence-electron chi connectivity index (χ4n) is 3.39. The Morgan fingerprint density at radius 3 is 2.22 bits per heavy atom. The first-order chi connectivity index (χ1) is 16.6. The van der Waals surface area contributed by atoms with E-state index in [4.69, 9.17) is 11.6 Å². The molecule has 0 fully saturated rings. The Balaban J connectivity index is 0.00000456. The van der Waals surface area contributed by atoms with E-state index in [1.54, 1.807) is 61.5 Å². The molecule has 11 nitrogen and oxygen atoms in total. The summed E-state index contributed by atoms with van der Waals surface area (Å²) in [5, 5.41) is 37.1. The second-order valence-corrected chi connectivity index (χ2v) is 7.97. The van der Waals surface area contributed by atoms with Crippen molar-refractivity contribution in [2.24, 2.45) is 0 Å². The summed E-state index contributed by atoms with van der Waals surface area (Å²) < 4.78 is 0.691. The van der Waals surface area contributed by atoms with Gasteiger partial charge in [-0.25, -0.2) is 0 Å². The molecule has 190 valence electrons. The molecule has 0 bridgehead atoms. The predicted octanol–water partition coefficient (Wildman–Crippen LogP) is 1.31. The van der Waals surface area contributed by atoms with Gasteiger partial charge in [-0.1, -0.05) is 60.1 Å². The number of hydrogen-bond donors (Lipinski definition) is 5. The molecule has 1 atom stereocenters. The van der Waals surface area contributed by atoms with Gasteiger partial charge in [0.15, 0.2) is 5.75 Å². The maximum atomic E-state index is 13.1. The molecule has 0 aliphatic heterocycles. The molecule has 3 aromatic rings. The second-order valence-electron chi connectivity index (χ2n) is 7.57. The Kier molecular flexibility index (Phi) is 9.19. The van der Waals surface area contributed by atoms with Crippen molar-refractivity contribution in [3.63, 3.8) is 0 Å². The number of carboxylic acid groups (broad SMARTS) is 1. The molecule has 8 N–H and O–H groups in total. The number of nitrogens with zero attached hydrogens (tertiary/aromatic N) is 1. The average Bonchev–Trinajstić information content (AvgIpc) is 2.82. The number of carboxylic acids is 1. The third kappa shape index (κ3) is 6.01. The average molecular weight is 517 g/mol. The molecule has 0 aliphatic rings. The lowest BCUT2D eigenvalue weighted by Crippen LogP contribution is -2.41. The van der Waals surface area contributed by atoms with Crippen LogP contribution in [0.15, 0.2) is 59.4 Å². The molecule has 0 spiro atoms. The van der Waals surface area contributed by atoms with Crippen molar-refractivity contribution in [3.8, 4) is 11.6 Å². The minimum atomic E-state index is -1.64. The molecule has 2 aromatic carbocycles. The van der Waals surface area contributed by atoms with Crippen molar-refractivity contribution in [2.45, 2.75) is 19.5 Å². The zero-order valence-corrected chi connectivity index (χ0v) is 20.2. The molecule has 36 heavy (non-hydrogen) atoms. The van der Waals surface area contributed by atoms with Gasteiger partial charge in [0.1, 0.15) is 11.1 Å². The van der Waals surface area contributed by atoms with Gasteiger partial charge in [0, 0.05) is 5.02 Å². The van der Waals surface area contributed by atoms with Crippen LogP contribution in [-0.4, -0.2) is 39.1 Å². The summed E-state index contributed by atoms with van der Waals surface area (Å²) in [6, 6.07) is 14.6. The molecule has 0 radical (unpaired) electrons. The zero-order chi connectivity index (χ0) is 25.7. The standard InChI is InChI=1S/C24H22ClN3O7.H3N/c1-13(14-7-3-2-4-8-14)27-22(33)19-20(31)18(21(32)26-11-17(29)30)23(34)28(24(19)35)12-15-9-5-6-10-16(15)25;/h2-10,13,31,35H,11-12H2,1H3,(H,26,32)(H,27,33)(H,29,30);1H3/t13-;/m1./s1. The summed E-state index contributed by atoms with van der Waals surface area (Å²) in [6.45, 7) is 0.365. The molecule has 1 heterocycles. The number of pyridine rings is 1. The molecule has 0 unspecified atom stereocenters. The van der Waals surface area contributed by atoms with Crippen LogP contribution >= 0.6 is 11.6 Å². The molecule has 0 saturated carbocycles. The molecule has 12 heteroatoms. The number of amides is 2. The lowest BCUT2D eigenvalue weighted by Gasteiger charge is -2.19. The van der Waals surface area contributed by atoms with Gasteiger partial charge >= 0.3 is 0 Å². The van der Waals surface area contributed by atoms with Gasteiger partial charge in [0.25, 0.3) is 17.4 Å². The van der Waals surface area contributed by atoms with Crippen LogP contribution in [-0.2, 0) is 11.3 Å². The van der Waals surface area contributed by atoms with E-state index < -0.39 is 58.7 Å². The Hall–Kier alpha value is -4.35.